The number of nitrogens with one attached hydrogen (secondary N) is 1. The highest BCUT2D eigenvalue weighted by atomic mass is 79.9. The van der Waals surface area contributed by atoms with Gasteiger partial charge in [-0.05, 0) is 42.7 Å². The van der Waals surface area contributed by atoms with E-state index in [-0.39, 0.29) is 29.9 Å². The standard InChI is InChI=1S/C21H25BrN2O3S/c22-18-11-13-20(14-12-18)28(26,27)24(15-17-7-3-1-4-8-17)16-21(25)23-19-9-5-2-6-10-19/h1,3-4,7-8,11-14,19H,2,5-6,9-10,15-16H2,(H,23,25). The van der Waals surface area contributed by atoms with Gasteiger partial charge in [0.1, 0.15) is 0 Å². The zero-order chi connectivity index (χ0) is 20.0. The fourth-order valence-corrected chi connectivity index (χ4v) is 5.10. The summed E-state index contributed by atoms with van der Waals surface area (Å²) in [5, 5.41) is 3.02. The minimum absolute atomic E-state index is 0.148. The number of halogens is 1. The molecule has 0 bridgehead atoms. The molecule has 1 aliphatic carbocycles. The van der Waals surface area contributed by atoms with Crippen LogP contribution in [-0.2, 0) is 21.4 Å². The van der Waals surface area contributed by atoms with E-state index in [9.17, 15) is 13.2 Å². The smallest absolute Gasteiger partial charge is 0.243 e. The summed E-state index contributed by atoms with van der Waals surface area (Å²) in [6.07, 6.45) is 5.34. The molecule has 5 nitrogen and oxygen atoms in total. The van der Waals surface area contributed by atoms with Gasteiger partial charge in [0.15, 0.2) is 0 Å². The maximum absolute atomic E-state index is 13.2. The first-order valence-electron chi connectivity index (χ1n) is 9.54. The largest absolute Gasteiger partial charge is 0.352 e. The van der Waals surface area contributed by atoms with Gasteiger partial charge >= 0.3 is 0 Å². The predicted molar refractivity (Wildman–Crippen MR) is 113 cm³/mol. The molecule has 1 saturated carbocycles. The highest BCUT2D eigenvalue weighted by Gasteiger charge is 2.28. The molecule has 150 valence electrons. The van der Waals surface area contributed by atoms with Crippen molar-refractivity contribution in [3.8, 4) is 0 Å². The molecule has 1 aliphatic rings. The molecule has 7 heteroatoms. The van der Waals surface area contributed by atoms with Crippen molar-refractivity contribution >= 4 is 31.9 Å². The summed E-state index contributed by atoms with van der Waals surface area (Å²) in [7, 11) is -3.80. The Morgan fingerprint density at radius 3 is 2.29 bits per heavy atom. The van der Waals surface area contributed by atoms with Gasteiger partial charge in [-0.15, -0.1) is 0 Å². The fraction of sp³-hybridized carbons (Fsp3) is 0.381. The lowest BCUT2D eigenvalue weighted by atomic mass is 9.95. The third-order valence-corrected chi connectivity index (χ3v) is 7.28. The van der Waals surface area contributed by atoms with E-state index in [0.29, 0.717) is 0 Å². The highest BCUT2D eigenvalue weighted by molar-refractivity contribution is 9.10. The van der Waals surface area contributed by atoms with Crippen LogP contribution in [-0.4, -0.2) is 31.2 Å². The Morgan fingerprint density at radius 1 is 1.00 bits per heavy atom. The summed E-state index contributed by atoms with van der Waals surface area (Å²) in [6.45, 7) is -0.0406. The molecule has 3 rings (SSSR count). The van der Waals surface area contributed by atoms with Gasteiger partial charge in [0, 0.05) is 17.1 Å². The number of carbonyl (C=O) groups excluding carboxylic acids is 1. The van der Waals surface area contributed by atoms with Crippen molar-refractivity contribution in [1.29, 1.82) is 0 Å². The lowest BCUT2D eigenvalue weighted by Gasteiger charge is -2.26. The summed E-state index contributed by atoms with van der Waals surface area (Å²) in [6, 6.07) is 16.0. The van der Waals surface area contributed by atoms with Crippen LogP contribution >= 0.6 is 15.9 Å². The Hall–Kier alpha value is -1.70. The Balaban J connectivity index is 1.79. The van der Waals surface area contributed by atoms with Crippen LogP contribution in [0.5, 0.6) is 0 Å². The average Bonchev–Trinajstić information content (AvgIpc) is 2.69. The number of rotatable bonds is 7. The van der Waals surface area contributed by atoms with Crippen LogP contribution in [0.4, 0.5) is 0 Å². The quantitative estimate of drug-likeness (QED) is 0.670. The predicted octanol–water partition coefficient (Wildman–Crippen LogP) is 4.09. The van der Waals surface area contributed by atoms with E-state index in [2.05, 4.69) is 21.2 Å². The maximum Gasteiger partial charge on any atom is 0.243 e. The Bertz CT molecular complexity index is 880. The van der Waals surface area contributed by atoms with Crippen LogP contribution in [0.15, 0.2) is 64.0 Å². The van der Waals surface area contributed by atoms with Crippen molar-refractivity contribution in [1.82, 2.24) is 9.62 Å². The minimum atomic E-state index is -3.80. The van der Waals surface area contributed by atoms with Gasteiger partial charge in [-0.25, -0.2) is 8.42 Å². The third kappa shape index (κ3) is 5.65. The summed E-state index contributed by atoms with van der Waals surface area (Å²) in [5.74, 6) is -0.247. The van der Waals surface area contributed by atoms with E-state index in [0.717, 1.165) is 35.7 Å². The fourth-order valence-electron chi connectivity index (χ4n) is 3.45. The Labute approximate surface area is 175 Å². The first-order valence-corrected chi connectivity index (χ1v) is 11.8. The van der Waals surface area contributed by atoms with Gasteiger partial charge in [0.05, 0.1) is 11.4 Å². The minimum Gasteiger partial charge on any atom is -0.352 e. The molecule has 2 aromatic carbocycles. The summed E-state index contributed by atoms with van der Waals surface area (Å²) in [5.41, 5.74) is 0.841. The monoisotopic (exact) mass is 464 g/mol. The highest BCUT2D eigenvalue weighted by Crippen LogP contribution is 2.21. The van der Waals surface area contributed by atoms with Crippen LogP contribution in [0.25, 0.3) is 0 Å². The molecule has 1 N–H and O–H groups in total. The van der Waals surface area contributed by atoms with Crippen LogP contribution in [0.1, 0.15) is 37.7 Å². The molecule has 0 atom stereocenters. The van der Waals surface area contributed by atoms with Crippen molar-refractivity contribution in [2.24, 2.45) is 0 Å². The molecule has 0 aromatic heterocycles. The molecular weight excluding hydrogens is 440 g/mol. The normalized spacial score (nSPS) is 15.5. The number of hydrogen-bond donors (Lipinski definition) is 1. The van der Waals surface area contributed by atoms with Crippen molar-refractivity contribution < 1.29 is 13.2 Å². The molecule has 0 radical (unpaired) electrons. The number of amides is 1. The topological polar surface area (TPSA) is 66.5 Å². The van der Waals surface area contributed by atoms with Gasteiger partial charge < -0.3 is 5.32 Å². The maximum atomic E-state index is 13.2. The van der Waals surface area contributed by atoms with Crippen molar-refractivity contribution in [2.75, 3.05) is 6.54 Å². The molecule has 0 unspecified atom stereocenters. The third-order valence-electron chi connectivity index (χ3n) is 4.94. The molecule has 1 amide bonds. The Kier molecular flexibility index (Phi) is 7.26. The van der Waals surface area contributed by atoms with Gasteiger partial charge in [0.2, 0.25) is 15.9 Å². The van der Waals surface area contributed by atoms with Crippen LogP contribution in [0, 0.1) is 0 Å². The van der Waals surface area contributed by atoms with E-state index in [1.165, 1.54) is 10.7 Å². The second kappa shape index (κ2) is 9.67. The molecule has 0 spiro atoms. The van der Waals surface area contributed by atoms with Gasteiger partial charge in [-0.2, -0.15) is 4.31 Å². The molecule has 0 heterocycles. The summed E-state index contributed by atoms with van der Waals surface area (Å²) in [4.78, 5) is 12.8. The summed E-state index contributed by atoms with van der Waals surface area (Å²) >= 11 is 3.33. The molecule has 0 aliphatic heterocycles. The zero-order valence-corrected chi connectivity index (χ0v) is 18.1. The molecule has 28 heavy (non-hydrogen) atoms. The Morgan fingerprint density at radius 2 is 1.64 bits per heavy atom. The lowest BCUT2D eigenvalue weighted by Crippen LogP contribution is -2.44. The number of sulfonamides is 1. The van der Waals surface area contributed by atoms with Crippen molar-refractivity contribution in [2.45, 2.75) is 49.6 Å². The SMILES string of the molecule is O=C(CN(Cc1ccccc1)S(=O)(=O)c1ccc(Br)cc1)NC1CCCCC1. The number of carbonyl (C=O) groups is 1. The van der Waals surface area contributed by atoms with E-state index in [1.54, 1.807) is 24.3 Å². The molecule has 1 fully saturated rings. The van der Waals surface area contributed by atoms with Crippen LogP contribution in [0.3, 0.4) is 0 Å². The van der Waals surface area contributed by atoms with Crippen LogP contribution < -0.4 is 5.32 Å². The van der Waals surface area contributed by atoms with Crippen molar-refractivity contribution in [3.05, 3.63) is 64.6 Å². The first kappa shape index (κ1) is 21.0. The van der Waals surface area contributed by atoms with E-state index < -0.39 is 10.0 Å². The average molecular weight is 465 g/mol. The lowest BCUT2D eigenvalue weighted by molar-refractivity contribution is -0.122. The van der Waals surface area contributed by atoms with Gasteiger partial charge in [0.25, 0.3) is 0 Å². The van der Waals surface area contributed by atoms with Gasteiger partial charge in [-0.3, -0.25) is 4.79 Å². The first-order chi connectivity index (χ1) is 13.4. The summed E-state index contributed by atoms with van der Waals surface area (Å²) < 4.78 is 28.5. The number of hydrogen-bond acceptors (Lipinski definition) is 3. The van der Waals surface area contributed by atoms with Crippen LogP contribution in [0.2, 0.25) is 0 Å². The van der Waals surface area contributed by atoms with Crippen molar-refractivity contribution in [3.63, 3.8) is 0 Å². The molecule has 2 aromatic rings. The van der Waals surface area contributed by atoms with E-state index in [1.807, 2.05) is 30.3 Å². The molecule has 0 saturated heterocycles. The second-order valence-electron chi connectivity index (χ2n) is 7.12. The van der Waals surface area contributed by atoms with E-state index >= 15 is 0 Å². The second-order valence-corrected chi connectivity index (χ2v) is 9.97. The van der Waals surface area contributed by atoms with E-state index in [4.69, 9.17) is 0 Å². The zero-order valence-electron chi connectivity index (χ0n) is 15.7. The number of benzene rings is 2. The molecular formula is C21H25BrN2O3S. The van der Waals surface area contributed by atoms with Gasteiger partial charge in [-0.1, -0.05) is 65.5 Å². The number of nitrogens with zero attached hydrogens (tertiary/aromatic N) is 1.